The summed E-state index contributed by atoms with van der Waals surface area (Å²) in [6.07, 6.45) is -0.0626. The molecule has 0 saturated carbocycles. The number of benzene rings is 1. The van der Waals surface area contributed by atoms with Crippen molar-refractivity contribution in [1.29, 1.82) is 0 Å². The Labute approximate surface area is 155 Å². The lowest BCUT2D eigenvalue weighted by molar-refractivity contribution is 0.0221. The van der Waals surface area contributed by atoms with Crippen molar-refractivity contribution in [2.24, 2.45) is 0 Å². The molecule has 1 aromatic carbocycles. The van der Waals surface area contributed by atoms with Crippen molar-refractivity contribution in [2.75, 3.05) is 6.54 Å². The summed E-state index contributed by atoms with van der Waals surface area (Å²) in [5.41, 5.74) is 0.522. The smallest absolute Gasteiger partial charge is 0.410 e. The first-order valence-electron chi connectivity index (χ1n) is 8.16. The number of ether oxygens (including phenoxy) is 1. The van der Waals surface area contributed by atoms with Gasteiger partial charge < -0.3 is 14.7 Å². The average molecular weight is 380 g/mol. The Balaban J connectivity index is 1.90. The highest BCUT2D eigenvalue weighted by molar-refractivity contribution is 6.30. The minimum Gasteiger partial charge on any atom is -0.493 e. The van der Waals surface area contributed by atoms with Crippen LogP contribution >= 0.6 is 11.6 Å². The van der Waals surface area contributed by atoms with Gasteiger partial charge in [-0.15, -0.1) is 0 Å². The molecule has 0 atom stereocenters. The molecule has 1 N–H and O–H groups in total. The van der Waals surface area contributed by atoms with Crippen LogP contribution in [0.5, 0.6) is 5.88 Å². The van der Waals surface area contributed by atoms with Crippen molar-refractivity contribution in [3.8, 4) is 17.3 Å². The monoisotopic (exact) mass is 379 g/mol. The first-order chi connectivity index (χ1) is 12.1. The molecule has 26 heavy (non-hydrogen) atoms. The van der Waals surface area contributed by atoms with Crippen molar-refractivity contribution >= 4 is 17.7 Å². The van der Waals surface area contributed by atoms with Gasteiger partial charge in [0.15, 0.2) is 5.82 Å². The maximum Gasteiger partial charge on any atom is 0.410 e. The number of amides is 1. The SMILES string of the molecule is CC(C)(C)OC(=O)N1CCc2nc(-c3cc(Cl)ccc3F)nc(O)c2C1. The summed E-state index contributed by atoms with van der Waals surface area (Å²) in [6.45, 7) is 5.88. The molecule has 0 aliphatic carbocycles. The molecule has 1 amide bonds. The molecule has 8 heteroatoms. The Bertz CT molecular complexity index is 867. The standard InChI is InChI=1S/C18H19ClFN3O3/c1-18(2,3)26-17(25)23-7-6-14-12(9-23)16(24)22-15(21-14)11-8-10(19)4-5-13(11)20/h4-5,8H,6-7,9H2,1-3H3,(H,21,22,24). The van der Waals surface area contributed by atoms with E-state index >= 15 is 0 Å². The van der Waals surface area contributed by atoms with Crippen LogP contribution in [-0.2, 0) is 17.7 Å². The van der Waals surface area contributed by atoms with Crippen LogP contribution in [-0.4, -0.2) is 38.2 Å². The number of rotatable bonds is 1. The number of hydrogen-bond acceptors (Lipinski definition) is 5. The lowest BCUT2D eigenvalue weighted by Gasteiger charge is -2.30. The number of carbonyl (C=O) groups is 1. The highest BCUT2D eigenvalue weighted by Crippen LogP contribution is 2.30. The fourth-order valence-electron chi connectivity index (χ4n) is 2.67. The second-order valence-corrected chi connectivity index (χ2v) is 7.51. The van der Waals surface area contributed by atoms with E-state index in [0.717, 1.165) is 0 Å². The van der Waals surface area contributed by atoms with E-state index < -0.39 is 17.5 Å². The van der Waals surface area contributed by atoms with Gasteiger partial charge in [0.1, 0.15) is 11.4 Å². The fraction of sp³-hybridized carbons (Fsp3) is 0.389. The number of aromatic hydroxyl groups is 1. The molecule has 1 aromatic heterocycles. The number of carbonyl (C=O) groups excluding carboxylic acids is 1. The third kappa shape index (κ3) is 3.88. The van der Waals surface area contributed by atoms with Crippen molar-refractivity contribution in [2.45, 2.75) is 39.3 Å². The molecule has 0 saturated heterocycles. The first-order valence-corrected chi connectivity index (χ1v) is 8.54. The lowest BCUT2D eigenvalue weighted by Crippen LogP contribution is -2.40. The van der Waals surface area contributed by atoms with Crippen molar-refractivity contribution in [3.63, 3.8) is 0 Å². The second kappa shape index (κ2) is 6.72. The number of halogens is 2. The number of nitrogens with zero attached hydrogens (tertiary/aromatic N) is 3. The molecule has 0 radical (unpaired) electrons. The summed E-state index contributed by atoms with van der Waals surface area (Å²) in [7, 11) is 0. The van der Waals surface area contributed by atoms with Gasteiger partial charge in [-0.05, 0) is 39.0 Å². The van der Waals surface area contributed by atoms with Gasteiger partial charge in [-0.2, -0.15) is 4.98 Å². The maximum atomic E-state index is 14.1. The number of aromatic nitrogens is 2. The summed E-state index contributed by atoms with van der Waals surface area (Å²) >= 11 is 5.91. The van der Waals surface area contributed by atoms with E-state index in [1.807, 2.05) is 0 Å². The number of fused-ring (bicyclic) bond motifs is 1. The van der Waals surface area contributed by atoms with Crippen molar-refractivity contribution < 1.29 is 19.0 Å². The van der Waals surface area contributed by atoms with Crippen LogP contribution in [0.4, 0.5) is 9.18 Å². The van der Waals surface area contributed by atoms with Gasteiger partial charge in [0.05, 0.1) is 23.4 Å². The zero-order chi connectivity index (χ0) is 19.1. The summed E-state index contributed by atoms with van der Waals surface area (Å²) in [5.74, 6) is -0.746. The summed E-state index contributed by atoms with van der Waals surface area (Å²) in [5, 5.41) is 10.7. The Morgan fingerprint density at radius 1 is 1.35 bits per heavy atom. The predicted molar refractivity (Wildman–Crippen MR) is 94.4 cm³/mol. The molecule has 0 fully saturated rings. The topological polar surface area (TPSA) is 75.5 Å². The molecule has 1 aliphatic rings. The van der Waals surface area contributed by atoms with E-state index in [1.54, 1.807) is 20.8 Å². The molecule has 0 unspecified atom stereocenters. The third-order valence-corrected chi connectivity index (χ3v) is 4.09. The lowest BCUT2D eigenvalue weighted by atomic mass is 10.1. The highest BCUT2D eigenvalue weighted by atomic mass is 35.5. The van der Waals surface area contributed by atoms with Crippen LogP contribution < -0.4 is 0 Å². The molecular formula is C18H19ClFN3O3. The number of hydrogen-bond donors (Lipinski definition) is 1. The Kier molecular flexibility index (Phi) is 4.75. The zero-order valence-corrected chi connectivity index (χ0v) is 15.5. The van der Waals surface area contributed by atoms with E-state index in [1.165, 1.54) is 23.1 Å². The van der Waals surface area contributed by atoms with E-state index in [4.69, 9.17) is 16.3 Å². The van der Waals surface area contributed by atoms with Crippen LogP contribution in [0.25, 0.3) is 11.4 Å². The van der Waals surface area contributed by atoms with E-state index in [0.29, 0.717) is 29.2 Å². The molecule has 6 nitrogen and oxygen atoms in total. The quantitative estimate of drug-likeness (QED) is 0.812. The van der Waals surface area contributed by atoms with Crippen LogP contribution in [0.2, 0.25) is 5.02 Å². The van der Waals surface area contributed by atoms with Crippen LogP contribution in [0.1, 0.15) is 32.0 Å². The molecule has 0 bridgehead atoms. The minimum atomic E-state index is -0.607. The van der Waals surface area contributed by atoms with Gasteiger partial charge in [0.2, 0.25) is 5.88 Å². The second-order valence-electron chi connectivity index (χ2n) is 7.07. The van der Waals surface area contributed by atoms with Crippen molar-refractivity contribution in [1.82, 2.24) is 14.9 Å². The van der Waals surface area contributed by atoms with Gasteiger partial charge in [0, 0.05) is 18.0 Å². The van der Waals surface area contributed by atoms with Gasteiger partial charge in [-0.25, -0.2) is 14.2 Å². The van der Waals surface area contributed by atoms with E-state index in [2.05, 4.69) is 9.97 Å². The summed E-state index contributed by atoms with van der Waals surface area (Å²) in [4.78, 5) is 22.1. The summed E-state index contributed by atoms with van der Waals surface area (Å²) in [6, 6.07) is 4.06. The van der Waals surface area contributed by atoms with Crippen molar-refractivity contribution in [3.05, 3.63) is 40.3 Å². The van der Waals surface area contributed by atoms with E-state index in [9.17, 15) is 14.3 Å². The molecule has 2 aromatic rings. The minimum absolute atomic E-state index is 0.0620. The zero-order valence-electron chi connectivity index (χ0n) is 14.7. The predicted octanol–water partition coefficient (Wildman–Crippen LogP) is 3.93. The van der Waals surface area contributed by atoms with Crippen LogP contribution in [0.15, 0.2) is 18.2 Å². The van der Waals surface area contributed by atoms with Gasteiger partial charge in [-0.1, -0.05) is 11.6 Å². The largest absolute Gasteiger partial charge is 0.493 e. The summed E-state index contributed by atoms with van der Waals surface area (Å²) < 4.78 is 19.4. The molecular weight excluding hydrogens is 361 g/mol. The van der Waals surface area contributed by atoms with Gasteiger partial charge in [0.25, 0.3) is 0 Å². The Morgan fingerprint density at radius 2 is 2.08 bits per heavy atom. The maximum absolute atomic E-state index is 14.1. The Hall–Kier alpha value is -2.41. The molecule has 0 spiro atoms. The van der Waals surface area contributed by atoms with Gasteiger partial charge >= 0.3 is 6.09 Å². The highest BCUT2D eigenvalue weighted by Gasteiger charge is 2.29. The fourth-order valence-corrected chi connectivity index (χ4v) is 2.84. The van der Waals surface area contributed by atoms with Gasteiger partial charge in [-0.3, -0.25) is 0 Å². The average Bonchev–Trinajstić information content (AvgIpc) is 2.55. The normalized spacial score (nSPS) is 14.1. The molecule has 1 aliphatic heterocycles. The molecule has 2 heterocycles. The Morgan fingerprint density at radius 3 is 2.77 bits per heavy atom. The third-order valence-electron chi connectivity index (χ3n) is 3.86. The van der Waals surface area contributed by atoms with E-state index in [-0.39, 0.29) is 23.8 Å². The molecule has 3 rings (SSSR count). The first kappa shape index (κ1) is 18.4. The molecule has 138 valence electrons. The van der Waals surface area contributed by atoms with Crippen LogP contribution in [0, 0.1) is 5.82 Å². The van der Waals surface area contributed by atoms with Crippen LogP contribution in [0.3, 0.4) is 0 Å².